The Labute approximate surface area is 166 Å². The van der Waals surface area contributed by atoms with Gasteiger partial charge in [0.15, 0.2) is 0 Å². The van der Waals surface area contributed by atoms with Crippen molar-refractivity contribution < 1.29 is 14.0 Å². The molecule has 6 heteroatoms. The number of furan rings is 1. The summed E-state index contributed by atoms with van der Waals surface area (Å²) in [6.45, 7) is 3.91. The highest BCUT2D eigenvalue weighted by Crippen LogP contribution is 2.23. The highest BCUT2D eigenvalue weighted by atomic mass is 79.9. The van der Waals surface area contributed by atoms with E-state index in [9.17, 15) is 9.59 Å². The maximum absolute atomic E-state index is 12.2. The predicted molar refractivity (Wildman–Crippen MR) is 110 cm³/mol. The van der Waals surface area contributed by atoms with Crippen LogP contribution >= 0.6 is 15.9 Å². The fraction of sp³-hybridized carbons (Fsp3) is 0.238. The molecule has 0 spiro atoms. The molecule has 0 aliphatic carbocycles. The first-order chi connectivity index (χ1) is 13.0. The highest BCUT2D eigenvalue weighted by molar-refractivity contribution is 9.10. The molecule has 0 saturated heterocycles. The van der Waals surface area contributed by atoms with Crippen LogP contribution < -0.4 is 10.6 Å². The Bertz CT molecular complexity index is 994. The van der Waals surface area contributed by atoms with Crippen molar-refractivity contribution in [2.75, 3.05) is 11.9 Å². The number of benzene rings is 2. The fourth-order valence-electron chi connectivity index (χ4n) is 2.86. The molecule has 0 fully saturated rings. The number of fused-ring (bicyclic) bond motifs is 1. The zero-order valence-electron chi connectivity index (χ0n) is 15.3. The molecule has 5 nitrogen and oxygen atoms in total. The molecule has 0 bridgehead atoms. The molecule has 0 aliphatic rings. The van der Waals surface area contributed by atoms with Crippen LogP contribution in [0.5, 0.6) is 0 Å². The van der Waals surface area contributed by atoms with E-state index in [1.165, 1.54) is 5.56 Å². The summed E-state index contributed by atoms with van der Waals surface area (Å²) in [7, 11) is 0. The summed E-state index contributed by atoms with van der Waals surface area (Å²) in [5.41, 5.74) is 4.45. The third-order valence-corrected chi connectivity index (χ3v) is 4.88. The SMILES string of the molecule is CCc1ccc2c(CC(=O)NCC(=O)Nc3ccc(Br)cc3C)coc2c1. The van der Waals surface area contributed by atoms with Crippen molar-refractivity contribution in [2.24, 2.45) is 0 Å². The van der Waals surface area contributed by atoms with E-state index in [4.69, 9.17) is 4.42 Å². The summed E-state index contributed by atoms with van der Waals surface area (Å²) < 4.78 is 6.51. The van der Waals surface area contributed by atoms with Gasteiger partial charge in [0.1, 0.15) is 5.58 Å². The van der Waals surface area contributed by atoms with E-state index in [1.807, 2.05) is 43.3 Å². The van der Waals surface area contributed by atoms with Crippen molar-refractivity contribution in [1.29, 1.82) is 0 Å². The first-order valence-electron chi connectivity index (χ1n) is 8.78. The number of carbonyl (C=O) groups excluding carboxylic acids is 2. The van der Waals surface area contributed by atoms with E-state index >= 15 is 0 Å². The van der Waals surface area contributed by atoms with Gasteiger partial charge in [0.25, 0.3) is 0 Å². The molecule has 27 heavy (non-hydrogen) atoms. The maximum atomic E-state index is 12.2. The molecule has 0 saturated carbocycles. The van der Waals surface area contributed by atoms with E-state index in [0.29, 0.717) is 0 Å². The zero-order chi connectivity index (χ0) is 19.4. The molecule has 1 aromatic heterocycles. The van der Waals surface area contributed by atoms with Crippen LogP contribution in [0.3, 0.4) is 0 Å². The Hall–Kier alpha value is -2.60. The normalized spacial score (nSPS) is 10.8. The lowest BCUT2D eigenvalue weighted by Gasteiger charge is -2.09. The van der Waals surface area contributed by atoms with Crippen LogP contribution in [0.25, 0.3) is 11.0 Å². The number of amides is 2. The lowest BCUT2D eigenvalue weighted by Crippen LogP contribution is -2.33. The molecule has 0 aliphatic heterocycles. The second-order valence-corrected chi connectivity index (χ2v) is 7.32. The molecular formula is C21H21BrN2O3. The summed E-state index contributed by atoms with van der Waals surface area (Å²) in [6.07, 6.45) is 2.71. The molecule has 2 aromatic carbocycles. The quantitative estimate of drug-likeness (QED) is 0.612. The molecule has 0 radical (unpaired) electrons. The van der Waals surface area contributed by atoms with Crippen LogP contribution in [0.2, 0.25) is 0 Å². The number of hydrogen-bond donors (Lipinski definition) is 2. The molecular weight excluding hydrogens is 408 g/mol. The number of hydrogen-bond acceptors (Lipinski definition) is 3. The molecule has 2 amide bonds. The monoisotopic (exact) mass is 428 g/mol. The largest absolute Gasteiger partial charge is 0.464 e. The Morgan fingerprint density at radius 3 is 2.67 bits per heavy atom. The minimum absolute atomic E-state index is 0.0793. The lowest BCUT2D eigenvalue weighted by atomic mass is 10.1. The van der Waals surface area contributed by atoms with Gasteiger partial charge in [-0.1, -0.05) is 35.0 Å². The van der Waals surface area contributed by atoms with Gasteiger partial charge in [0.05, 0.1) is 19.2 Å². The van der Waals surface area contributed by atoms with Gasteiger partial charge in [-0.3, -0.25) is 9.59 Å². The van der Waals surface area contributed by atoms with Crippen LogP contribution in [-0.4, -0.2) is 18.4 Å². The van der Waals surface area contributed by atoms with E-state index in [2.05, 4.69) is 33.5 Å². The van der Waals surface area contributed by atoms with E-state index < -0.39 is 0 Å². The average Bonchev–Trinajstić information content (AvgIpc) is 3.04. The maximum Gasteiger partial charge on any atom is 0.243 e. The van der Waals surface area contributed by atoms with Gasteiger partial charge in [0, 0.05) is 21.1 Å². The van der Waals surface area contributed by atoms with Crippen molar-refractivity contribution in [3.63, 3.8) is 0 Å². The van der Waals surface area contributed by atoms with Gasteiger partial charge in [-0.2, -0.15) is 0 Å². The molecule has 3 rings (SSSR count). The fourth-order valence-corrected chi connectivity index (χ4v) is 3.34. The summed E-state index contributed by atoms with van der Waals surface area (Å²) in [6, 6.07) is 11.6. The summed E-state index contributed by atoms with van der Waals surface area (Å²) in [4.78, 5) is 24.3. The smallest absolute Gasteiger partial charge is 0.243 e. The van der Waals surface area contributed by atoms with Crippen molar-refractivity contribution in [1.82, 2.24) is 5.32 Å². The Morgan fingerprint density at radius 2 is 1.93 bits per heavy atom. The van der Waals surface area contributed by atoms with Gasteiger partial charge < -0.3 is 15.1 Å². The Morgan fingerprint density at radius 1 is 1.11 bits per heavy atom. The number of anilines is 1. The van der Waals surface area contributed by atoms with E-state index in [0.717, 1.165) is 38.7 Å². The first-order valence-corrected chi connectivity index (χ1v) is 9.57. The third-order valence-electron chi connectivity index (χ3n) is 4.39. The minimum atomic E-state index is -0.265. The zero-order valence-corrected chi connectivity index (χ0v) is 16.9. The molecule has 0 atom stereocenters. The van der Waals surface area contributed by atoms with Crippen LogP contribution in [-0.2, 0) is 22.4 Å². The number of aryl methyl sites for hydroxylation is 2. The van der Waals surface area contributed by atoms with Crippen molar-refractivity contribution in [3.05, 3.63) is 63.8 Å². The van der Waals surface area contributed by atoms with E-state index in [-0.39, 0.29) is 24.8 Å². The van der Waals surface area contributed by atoms with Crippen molar-refractivity contribution in [3.8, 4) is 0 Å². The van der Waals surface area contributed by atoms with Crippen molar-refractivity contribution in [2.45, 2.75) is 26.7 Å². The van der Waals surface area contributed by atoms with Gasteiger partial charge >= 0.3 is 0 Å². The topological polar surface area (TPSA) is 71.3 Å². The number of carbonyl (C=O) groups is 2. The highest BCUT2D eigenvalue weighted by Gasteiger charge is 2.12. The van der Waals surface area contributed by atoms with Crippen LogP contribution in [0, 0.1) is 6.92 Å². The molecule has 1 heterocycles. The van der Waals surface area contributed by atoms with Crippen molar-refractivity contribution >= 4 is 44.4 Å². The summed E-state index contributed by atoms with van der Waals surface area (Å²) in [5, 5.41) is 6.39. The number of rotatable bonds is 6. The number of nitrogens with one attached hydrogen (secondary N) is 2. The van der Waals surface area contributed by atoms with Crippen LogP contribution in [0.1, 0.15) is 23.6 Å². The molecule has 140 valence electrons. The van der Waals surface area contributed by atoms with Crippen LogP contribution in [0.4, 0.5) is 5.69 Å². The molecule has 0 unspecified atom stereocenters. The van der Waals surface area contributed by atoms with Gasteiger partial charge in [0.2, 0.25) is 11.8 Å². The molecule has 2 N–H and O–H groups in total. The van der Waals surface area contributed by atoms with Crippen LogP contribution in [0.15, 0.2) is 51.6 Å². The second-order valence-electron chi connectivity index (χ2n) is 6.41. The second kappa shape index (κ2) is 8.39. The Balaban J connectivity index is 1.56. The Kier molecular flexibility index (Phi) is 5.96. The van der Waals surface area contributed by atoms with E-state index in [1.54, 1.807) is 6.26 Å². The van der Waals surface area contributed by atoms with Gasteiger partial charge in [-0.25, -0.2) is 0 Å². The lowest BCUT2D eigenvalue weighted by molar-refractivity contribution is -0.123. The van der Waals surface area contributed by atoms with Gasteiger partial charge in [-0.05, 0) is 48.7 Å². The summed E-state index contributed by atoms with van der Waals surface area (Å²) in [5.74, 6) is -0.488. The van der Waals surface area contributed by atoms with Gasteiger partial charge in [-0.15, -0.1) is 0 Å². The number of halogens is 1. The standard InChI is InChI=1S/C21H21BrN2O3/c1-3-14-4-6-17-15(12-27-19(17)9-14)10-20(25)23-11-21(26)24-18-7-5-16(22)8-13(18)2/h4-9,12H,3,10-11H2,1-2H3,(H,23,25)(H,24,26). The summed E-state index contributed by atoms with van der Waals surface area (Å²) >= 11 is 3.39. The third kappa shape index (κ3) is 4.77. The first kappa shape index (κ1) is 19.2. The predicted octanol–water partition coefficient (Wildman–Crippen LogP) is 4.36. The average molecular weight is 429 g/mol. The molecule has 3 aromatic rings. The minimum Gasteiger partial charge on any atom is -0.464 e.